The van der Waals surface area contributed by atoms with Gasteiger partial charge in [-0.3, -0.25) is 0 Å². The third-order valence-electron chi connectivity index (χ3n) is 3.12. The molecular formula is C16H12Cl3N5. The largest absolute Gasteiger partial charge is 0.349 e. The second-order valence-corrected chi connectivity index (χ2v) is 6.17. The molecule has 0 saturated carbocycles. The Balaban J connectivity index is 1.68. The van der Waals surface area contributed by atoms with Gasteiger partial charge in [0.05, 0.1) is 16.9 Å². The predicted octanol–water partition coefficient (Wildman–Crippen LogP) is 5.19. The average Bonchev–Trinajstić information content (AvgIpc) is 2.57. The van der Waals surface area contributed by atoms with Crippen LogP contribution in [0.3, 0.4) is 0 Å². The van der Waals surface area contributed by atoms with Crippen molar-refractivity contribution in [2.45, 2.75) is 6.54 Å². The van der Waals surface area contributed by atoms with Crippen molar-refractivity contribution in [1.82, 2.24) is 15.2 Å². The topological polar surface area (TPSA) is 62.7 Å². The molecule has 3 aromatic rings. The highest BCUT2D eigenvalue weighted by Crippen LogP contribution is 2.27. The van der Waals surface area contributed by atoms with Crippen LogP contribution in [-0.2, 0) is 6.54 Å². The summed E-state index contributed by atoms with van der Waals surface area (Å²) in [7, 11) is 0. The minimum atomic E-state index is 0.403. The summed E-state index contributed by atoms with van der Waals surface area (Å²) >= 11 is 17.9. The number of nitrogens with one attached hydrogen (secondary N) is 2. The lowest BCUT2D eigenvalue weighted by Crippen LogP contribution is -2.06. The van der Waals surface area contributed by atoms with Crippen LogP contribution in [0.2, 0.25) is 15.1 Å². The van der Waals surface area contributed by atoms with Crippen molar-refractivity contribution < 1.29 is 0 Å². The summed E-state index contributed by atoms with van der Waals surface area (Å²) in [5, 5.41) is 15.8. The number of hydrogen-bond acceptors (Lipinski definition) is 5. The van der Waals surface area contributed by atoms with Crippen LogP contribution in [0.5, 0.6) is 0 Å². The average molecular weight is 381 g/mol. The molecule has 2 N–H and O–H groups in total. The Kier molecular flexibility index (Phi) is 5.35. The van der Waals surface area contributed by atoms with Gasteiger partial charge in [-0.2, -0.15) is 10.1 Å². The Morgan fingerprint density at radius 3 is 2.42 bits per heavy atom. The normalized spacial score (nSPS) is 10.5. The summed E-state index contributed by atoms with van der Waals surface area (Å²) in [4.78, 5) is 4.35. The number of benzene rings is 2. The number of rotatable bonds is 5. The van der Waals surface area contributed by atoms with Crippen LogP contribution < -0.4 is 10.6 Å². The van der Waals surface area contributed by atoms with Crippen molar-refractivity contribution in [3.63, 3.8) is 0 Å². The molecule has 8 heteroatoms. The van der Waals surface area contributed by atoms with Gasteiger partial charge in [0, 0.05) is 16.6 Å². The van der Waals surface area contributed by atoms with E-state index in [1.165, 1.54) is 6.20 Å². The molecule has 1 aromatic heterocycles. The maximum Gasteiger partial charge on any atom is 0.244 e. The molecule has 1 heterocycles. The van der Waals surface area contributed by atoms with Crippen LogP contribution in [0.15, 0.2) is 48.7 Å². The van der Waals surface area contributed by atoms with Gasteiger partial charge in [-0.25, -0.2) is 0 Å². The molecule has 0 bridgehead atoms. The standard InChI is InChI=1S/C16H12Cl3N5/c17-11-3-1-10(2-4-11)8-20-16-23-15(9-21-24-16)22-14-6-5-12(18)7-13(14)19/h1-7,9H,8H2,(H2,20,22,23,24). The molecule has 0 atom stereocenters. The lowest BCUT2D eigenvalue weighted by atomic mass is 10.2. The first-order chi connectivity index (χ1) is 11.6. The molecule has 0 spiro atoms. The summed E-state index contributed by atoms with van der Waals surface area (Å²) < 4.78 is 0. The van der Waals surface area contributed by atoms with Gasteiger partial charge in [0.25, 0.3) is 0 Å². The van der Waals surface area contributed by atoms with E-state index in [1.54, 1.807) is 18.2 Å². The number of aromatic nitrogens is 3. The van der Waals surface area contributed by atoms with Crippen molar-refractivity contribution >= 4 is 52.3 Å². The van der Waals surface area contributed by atoms with E-state index in [4.69, 9.17) is 34.8 Å². The van der Waals surface area contributed by atoms with Gasteiger partial charge in [-0.15, -0.1) is 5.10 Å². The zero-order chi connectivity index (χ0) is 16.9. The SMILES string of the molecule is Clc1ccc(CNc2nncc(Nc3ccc(Cl)cc3Cl)n2)cc1. The predicted molar refractivity (Wildman–Crippen MR) is 98.4 cm³/mol. The first-order valence-corrected chi connectivity index (χ1v) is 8.14. The Hall–Kier alpha value is -2.08. The number of anilines is 3. The minimum Gasteiger partial charge on any atom is -0.349 e. The lowest BCUT2D eigenvalue weighted by molar-refractivity contribution is 0.949. The van der Waals surface area contributed by atoms with Crippen molar-refractivity contribution in [2.24, 2.45) is 0 Å². The first kappa shape index (κ1) is 16.8. The summed E-state index contributed by atoms with van der Waals surface area (Å²) in [6.07, 6.45) is 1.51. The van der Waals surface area contributed by atoms with E-state index in [0.717, 1.165) is 5.56 Å². The molecule has 5 nitrogen and oxygen atoms in total. The summed E-state index contributed by atoms with van der Waals surface area (Å²) in [6.45, 7) is 0.560. The third kappa shape index (κ3) is 4.47. The van der Waals surface area contributed by atoms with Crippen molar-refractivity contribution in [2.75, 3.05) is 10.6 Å². The van der Waals surface area contributed by atoms with E-state index in [2.05, 4.69) is 25.8 Å². The molecular weight excluding hydrogens is 369 g/mol. The highest BCUT2D eigenvalue weighted by Gasteiger charge is 2.05. The van der Waals surface area contributed by atoms with E-state index in [-0.39, 0.29) is 0 Å². The fourth-order valence-electron chi connectivity index (χ4n) is 1.95. The summed E-state index contributed by atoms with van der Waals surface area (Å²) in [6, 6.07) is 12.7. The first-order valence-electron chi connectivity index (χ1n) is 7.00. The second kappa shape index (κ2) is 7.66. The summed E-state index contributed by atoms with van der Waals surface area (Å²) in [5.41, 5.74) is 1.74. The van der Waals surface area contributed by atoms with E-state index >= 15 is 0 Å². The van der Waals surface area contributed by atoms with E-state index in [1.807, 2.05) is 24.3 Å². The van der Waals surface area contributed by atoms with Crippen LogP contribution in [-0.4, -0.2) is 15.2 Å². The molecule has 3 rings (SSSR count). The van der Waals surface area contributed by atoms with Gasteiger partial charge >= 0.3 is 0 Å². The number of halogens is 3. The van der Waals surface area contributed by atoms with E-state index in [0.29, 0.717) is 39.1 Å². The molecule has 0 aliphatic carbocycles. The minimum absolute atomic E-state index is 0.403. The maximum absolute atomic E-state index is 6.14. The maximum atomic E-state index is 6.14. The second-order valence-electron chi connectivity index (χ2n) is 4.89. The summed E-state index contributed by atoms with van der Waals surface area (Å²) in [5.74, 6) is 0.924. The molecule has 0 fully saturated rings. The van der Waals surface area contributed by atoms with Gasteiger partial charge in [-0.1, -0.05) is 46.9 Å². The quantitative estimate of drug-likeness (QED) is 0.638. The van der Waals surface area contributed by atoms with Crippen molar-refractivity contribution in [3.8, 4) is 0 Å². The van der Waals surface area contributed by atoms with Gasteiger partial charge in [0.15, 0.2) is 5.82 Å². The van der Waals surface area contributed by atoms with E-state index in [9.17, 15) is 0 Å². The Bertz CT molecular complexity index is 839. The molecule has 2 aromatic carbocycles. The lowest BCUT2D eigenvalue weighted by Gasteiger charge is -2.09. The molecule has 122 valence electrons. The molecule has 0 aliphatic heterocycles. The zero-order valence-electron chi connectivity index (χ0n) is 12.3. The molecule has 0 saturated heterocycles. The molecule has 0 unspecified atom stereocenters. The van der Waals surface area contributed by atoms with Crippen LogP contribution >= 0.6 is 34.8 Å². The zero-order valence-corrected chi connectivity index (χ0v) is 14.6. The molecule has 0 aliphatic rings. The highest BCUT2D eigenvalue weighted by atomic mass is 35.5. The van der Waals surface area contributed by atoms with Crippen LogP contribution in [0, 0.1) is 0 Å². The van der Waals surface area contributed by atoms with Crippen LogP contribution in [0.25, 0.3) is 0 Å². The van der Waals surface area contributed by atoms with Gasteiger partial charge < -0.3 is 10.6 Å². The van der Waals surface area contributed by atoms with Gasteiger partial charge in [0.2, 0.25) is 5.95 Å². The fourth-order valence-corrected chi connectivity index (χ4v) is 2.53. The van der Waals surface area contributed by atoms with E-state index < -0.39 is 0 Å². The van der Waals surface area contributed by atoms with Crippen molar-refractivity contribution in [1.29, 1.82) is 0 Å². The monoisotopic (exact) mass is 379 g/mol. The molecule has 0 amide bonds. The molecule has 24 heavy (non-hydrogen) atoms. The fraction of sp³-hybridized carbons (Fsp3) is 0.0625. The Morgan fingerprint density at radius 1 is 0.917 bits per heavy atom. The third-order valence-corrected chi connectivity index (χ3v) is 3.92. The van der Waals surface area contributed by atoms with Crippen molar-refractivity contribution in [3.05, 3.63) is 69.3 Å². The Morgan fingerprint density at radius 2 is 1.67 bits per heavy atom. The smallest absolute Gasteiger partial charge is 0.244 e. The molecule has 0 radical (unpaired) electrons. The van der Waals surface area contributed by atoms with Gasteiger partial charge in [-0.05, 0) is 35.9 Å². The van der Waals surface area contributed by atoms with Crippen LogP contribution in [0.1, 0.15) is 5.56 Å². The van der Waals surface area contributed by atoms with Crippen LogP contribution in [0.4, 0.5) is 17.5 Å². The highest BCUT2D eigenvalue weighted by molar-refractivity contribution is 6.36. The number of nitrogens with zero attached hydrogens (tertiary/aromatic N) is 3. The number of hydrogen-bond donors (Lipinski definition) is 2. The van der Waals surface area contributed by atoms with Gasteiger partial charge in [0.1, 0.15) is 0 Å². The Labute approximate surface area is 154 Å².